The van der Waals surface area contributed by atoms with Gasteiger partial charge in [0.1, 0.15) is 5.75 Å². The van der Waals surface area contributed by atoms with Gasteiger partial charge in [0.05, 0.1) is 0 Å². The van der Waals surface area contributed by atoms with Crippen molar-refractivity contribution in [1.82, 2.24) is 15.2 Å². The van der Waals surface area contributed by atoms with Crippen LogP contribution in [0.25, 0.3) is 11.5 Å². The highest BCUT2D eigenvalue weighted by Crippen LogP contribution is 2.23. The zero-order chi connectivity index (χ0) is 18.0. The highest BCUT2D eigenvalue weighted by molar-refractivity contribution is 7.91. The summed E-state index contributed by atoms with van der Waals surface area (Å²) in [6.45, 7) is 3.89. The molecule has 0 fully saturated rings. The number of benzene rings is 1. The third-order valence-corrected chi connectivity index (χ3v) is 5.45. The Labute approximate surface area is 147 Å². The van der Waals surface area contributed by atoms with E-state index in [0.717, 1.165) is 11.1 Å². The lowest BCUT2D eigenvalue weighted by atomic mass is 10.1. The molecule has 1 N–H and O–H groups in total. The SMILES string of the molecule is Cc1ccc(-c2nnc(S(=O)(=O)CC(=O)Nc3nccs3)o2)cc1C. The molecule has 3 rings (SSSR count). The fraction of sp³-hybridized carbons (Fsp3) is 0.200. The van der Waals surface area contributed by atoms with E-state index in [9.17, 15) is 13.2 Å². The van der Waals surface area contributed by atoms with Crippen LogP contribution in [0.3, 0.4) is 0 Å². The van der Waals surface area contributed by atoms with Gasteiger partial charge in [-0.1, -0.05) is 11.2 Å². The van der Waals surface area contributed by atoms with E-state index in [0.29, 0.717) is 10.7 Å². The number of thiazole rings is 1. The molecule has 0 atom stereocenters. The van der Waals surface area contributed by atoms with Gasteiger partial charge in [-0.3, -0.25) is 4.79 Å². The number of aryl methyl sites for hydroxylation is 2. The Morgan fingerprint density at radius 3 is 2.72 bits per heavy atom. The summed E-state index contributed by atoms with van der Waals surface area (Å²) in [6, 6.07) is 5.47. The summed E-state index contributed by atoms with van der Waals surface area (Å²) >= 11 is 1.19. The first-order valence-corrected chi connectivity index (χ1v) is 9.71. The molecule has 0 bridgehead atoms. The molecule has 1 amide bonds. The summed E-state index contributed by atoms with van der Waals surface area (Å²) in [5.74, 6) is -1.44. The largest absolute Gasteiger partial charge is 0.408 e. The van der Waals surface area contributed by atoms with E-state index in [2.05, 4.69) is 20.5 Å². The van der Waals surface area contributed by atoms with Crippen LogP contribution in [0.1, 0.15) is 11.1 Å². The monoisotopic (exact) mass is 378 g/mol. The molecule has 0 saturated heterocycles. The van der Waals surface area contributed by atoms with Gasteiger partial charge in [-0.2, -0.15) is 0 Å². The lowest BCUT2D eigenvalue weighted by Crippen LogP contribution is -2.23. The van der Waals surface area contributed by atoms with Gasteiger partial charge >= 0.3 is 5.22 Å². The Kier molecular flexibility index (Phi) is 4.64. The van der Waals surface area contributed by atoms with Gasteiger partial charge in [0.2, 0.25) is 21.6 Å². The first kappa shape index (κ1) is 17.2. The van der Waals surface area contributed by atoms with Crippen LogP contribution >= 0.6 is 11.3 Å². The number of sulfone groups is 1. The fourth-order valence-corrected chi connectivity index (χ4v) is 3.46. The predicted molar refractivity (Wildman–Crippen MR) is 92.0 cm³/mol. The molecule has 0 aliphatic carbocycles. The van der Waals surface area contributed by atoms with Crippen molar-refractivity contribution in [2.45, 2.75) is 19.1 Å². The molecule has 10 heteroatoms. The maximum Gasteiger partial charge on any atom is 0.336 e. The second-order valence-electron chi connectivity index (χ2n) is 5.32. The number of nitrogens with zero attached hydrogens (tertiary/aromatic N) is 3. The summed E-state index contributed by atoms with van der Waals surface area (Å²) in [4.78, 5) is 15.7. The molecule has 0 spiro atoms. The molecular formula is C15H14N4O4S2. The maximum absolute atomic E-state index is 12.3. The summed E-state index contributed by atoms with van der Waals surface area (Å²) in [7, 11) is -4.04. The van der Waals surface area contributed by atoms with Gasteiger partial charge in [-0.15, -0.1) is 16.4 Å². The number of hydrogen-bond donors (Lipinski definition) is 1. The van der Waals surface area contributed by atoms with Crippen molar-refractivity contribution in [1.29, 1.82) is 0 Å². The Balaban J connectivity index is 1.78. The van der Waals surface area contributed by atoms with Crippen molar-refractivity contribution in [3.8, 4) is 11.5 Å². The molecular weight excluding hydrogens is 364 g/mol. The van der Waals surface area contributed by atoms with Gasteiger partial charge in [0.15, 0.2) is 5.13 Å². The number of hydrogen-bond acceptors (Lipinski definition) is 8. The minimum atomic E-state index is -4.04. The first-order valence-electron chi connectivity index (χ1n) is 7.18. The van der Waals surface area contributed by atoms with Crippen LogP contribution in [0.4, 0.5) is 5.13 Å². The Morgan fingerprint density at radius 2 is 2.04 bits per heavy atom. The van der Waals surface area contributed by atoms with E-state index in [1.54, 1.807) is 11.4 Å². The number of carbonyl (C=O) groups is 1. The van der Waals surface area contributed by atoms with Crippen molar-refractivity contribution in [3.63, 3.8) is 0 Å². The number of anilines is 1. The third kappa shape index (κ3) is 3.91. The summed E-state index contributed by atoms with van der Waals surface area (Å²) in [5.41, 5.74) is 2.72. The molecule has 2 heterocycles. The lowest BCUT2D eigenvalue weighted by molar-refractivity contribution is -0.113. The molecule has 2 aromatic heterocycles. The van der Waals surface area contributed by atoms with Crippen molar-refractivity contribution >= 4 is 32.2 Å². The third-order valence-electron chi connectivity index (χ3n) is 3.43. The number of carbonyl (C=O) groups excluding carboxylic acids is 1. The van der Waals surface area contributed by atoms with Gasteiger partial charge in [-0.05, 0) is 37.1 Å². The van der Waals surface area contributed by atoms with Crippen LogP contribution in [-0.2, 0) is 14.6 Å². The van der Waals surface area contributed by atoms with Crippen LogP contribution in [0.15, 0.2) is 39.4 Å². The zero-order valence-electron chi connectivity index (χ0n) is 13.4. The molecule has 8 nitrogen and oxygen atoms in total. The molecule has 3 aromatic rings. The molecule has 130 valence electrons. The number of nitrogens with one attached hydrogen (secondary N) is 1. The quantitative estimate of drug-likeness (QED) is 0.724. The van der Waals surface area contributed by atoms with Gasteiger partial charge in [0.25, 0.3) is 0 Å². The second-order valence-corrected chi connectivity index (χ2v) is 8.08. The van der Waals surface area contributed by atoms with Crippen LogP contribution in [0.5, 0.6) is 0 Å². The van der Waals surface area contributed by atoms with Crippen molar-refractivity contribution in [3.05, 3.63) is 40.9 Å². The number of aromatic nitrogens is 3. The molecule has 25 heavy (non-hydrogen) atoms. The van der Waals surface area contributed by atoms with Crippen LogP contribution in [0, 0.1) is 13.8 Å². The van der Waals surface area contributed by atoms with Crippen molar-refractivity contribution < 1.29 is 17.6 Å². The van der Waals surface area contributed by atoms with Crippen LogP contribution in [-0.4, -0.2) is 35.3 Å². The van der Waals surface area contributed by atoms with E-state index >= 15 is 0 Å². The second kappa shape index (κ2) is 6.73. The Hall–Kier alpha value is -2.59. The molecule has 0 radical (unpaired) electrons. The van der Waals surface area contributed by atoms with Crippen LogP contribution in [0.2, 0.25) is 0 Å². The highest BCUT2D eigenvalue weighted by atomic mass is 32.2. The normalized spacial score (nSPS) is 11.4. The van der Waals surface area contributed by atoms with Crippen molar-refractivity contribution in [2.24, 2.45) is 0 Å². The first-order chi connectivity index (χ1) is 11.8. The smallest absolute Gasteiger partial charge is 0.336 e. The summed E-state index contributed by atoms with van der Waals surface area (Å²) in [6.07, 6.45) is 1.50. The zero-order valence-corrected chi connectivity index (χ0v) is 15.0. The van der Waals surface area contributed by atoms with Gasteiger partial charge in [0, 0.05) is 17.1 Å². The Morgan fingerprint density at radius 1 is 1.24 bits per heavy atom. The number of amides is 1. The lowest BCUT2D eigenvalue weighted by Gasteiger charge is -2.01. The minimum Gasteiger partial charge on any atom is -0.408 e. The number of rotatable bonds is 5. The molecule has 1 aromatic carbocycles. The van der Waals surface area contributed by atoms with Crippen molar-refractivity contribution in [2.75, 3.05) is 11.1 Å². The average molecular weight is 378 g/mol. The average Bonchev–Trinajstić information content (AvgIpc) is 3.21. The fourth-order valence-electron chi connectivity index (χ4n) is 2.00. The van der Waals surface area contributed by atoms with Gasteiger partial charge in [-0.25, -0.2) is 13.4 Å². The van der Waals surface area contributed by atoms with Gasteiger partial charge < -0.3 is 9.73 Å². The van der Waals surface area contributed by atoms with E-state index in [1.165, 1.54) is 17.5 Å². The summed E-state index contributed by atoms with van der Waals surface area (Å²) < 4.78 is 29.8. The minimum absolute atomic E-state index is 0.0852. The molecule has 0 unspecified atom stereocenters. The van der Waals surface area contributed by atoms with E-state index in [4.69, 9.17) is 4.42 Å². The Bertz CT molecular complexity index is 1010. The van der Waals surface area contributed by atoms with E-state index < -0.39 is 26.7 Å². The summed E-state index contributed by atoms with van der Waals surface area (Å²) in [5, 5.41) is 11.1. The molecule has 0 saturated carbocycles. The predicted octanol–water partition coefficient (Wildman–Crippen LogP) is 2.22. The van der Waals surface area contributed by atoms with Crippen LogP contribution < -0.4 is 5.32 Å². The maximum atomic E-state index is 12.3. The van der Waals surface area contributed by atoms with E-state index in [1.807, 2.05) is 26.0 Å². The molecule has 0 aliphatic rings. The molecule has 0 aliphatic heterocycles. The highest BCUT2D eigenvalue weighted by Gasteiger charge is 2.26. The standard InChI is InChI=1S/C15H14N4O4S2/c1-9-3-4-11(7-10(9)2)13-18-19-15(23-13)25(21,22)8-12(20)17-14-16-5-6-24-14/h3-7H,8H2,1-2H3,(H,16,17,20). The van der Waals surface area contributed by atoms with E-state index in [-0.39, 0.29) is 5.89 Å². The topological polar surface area (TPSA) is 115 Å².